The Morgan fingerprint density at radius 3 is 2.45 bits per heavy atom. The highest BCUT2D eigenvalue weighted by Gasteiger charge is 2.17. The Morgan fingerprint density at radius 2 is 1.90 bits per heavy atom. The van der Waals surface area contributed by atoms with E-state index in [-0.39, 0.29) is 11.7 Å². The second-order valence-electron chi connectivity index (χ2n) is 5.09. The minimum absolute atomic E-state index is 0.0373. The number of nitro groups is 1. The summed E-state index contributed by atoms with van der Waals surface area (Å²) in [6, 6.07) is 4.34. The summed E-state index contributed by atoms with van der Waals surface area (Å²) in [7, 11) is 0. The van der Waals surface area contributed by atoms with Crippen LogP contribution in [0.15, 0.2) is 18.2 Å². The third-order valence-electron chi connectivity index (χ3n) is 3.56. The number of rotatable bonds is 2. The van der Waals surface area contributed by atoms with Crippen molar-refractivity contribution in [2.24, 2.45) is 0 Å². The summed E-state index contributed by atoms with van der Waals surface area (Å²) in [4.78, 5) is 24.2. The van der Waals surface area contributed by atoms with Gasteiger partial charge >= 0.3 is 6.03 Å². The fourth-order valence-corrected chi connectivity index (χ4v) is 2.37. The van der Waals surface area contributed by atoms with Crippen LogP contribution in [0.4, 0.5) is 16.2 Å². The molecule has 0 aliphatic carbocycles. The number of likely N-dealkylation sites (tertiary alicyclic amines) is 1. The van der Waals surface area contributed by atoms with Crippen molar-refractivity contribution in [1.29, 1.82) is 0 Å². The SMILES string of the molecule is Cc1cc([N+](=O)[O-])ccc1NC(=O)N1CCCCCC1. The van der Waals surface area contributed by atoms with Gasteiger partial charge in [0.25, 0.3) is 5.69 Å². The first kappa shape index (κ1) is 14.3. The molecule has 1 aromatic carbocycles. The molecule has 0 aromatic heterocycles. The molecule has 1 fully saturated rings. The molecule has 108 valence electrons. The summed E-state index contributed by atoms with van der Waals surface area (Å²) in [6.07, 6.45) is 4.40. The Balaban J connectivity index is 2.05. The molecule has 1 N–H and O–H groups in total. The maximum absolute atomic E-state index is 12.2. The van der Waals surface area contributed by atoms with Crippen molar-refractivity contribution in [3.63, 3.8) is 0 Å². The van der Waals surface area contributed by atoms with Gasteiger partial charge in [-0.2, -0.15) is 0 Å². The van der Waals surface area contributed by atoms with Crippen molar-refractivity contribution < 1.29 is 9.72 Å². The number of non-ortho nitro benzene ring substituents is 1. The first-order chi connectivity index (χ1) is 9.58. The number of nitro benzene ring substituents is 1. The van der Waals surface area contributed by atoms with Crippen LogP contribution < -0.4 is 5.32 Å². The normalized spacial score (nSPS) is 15.6. The van der Waals surface area contributed by atoms with Gasteiger partial charge in [-0.15, -0.1) is 0 Å². The lowest BCUT2D eigenvalue weighted by Crippen LogP contribution is -2.35. The molecule has 1 aliphatic heterocycles. The zero-order valence-electron chi connectivity index (χ0n) is 11.6. The lowest BCUT2D eigenvalue weighted by atomic mass is 10.2. The molecule has 1 aromatic rings. The summed E-state index contributed by atoms with van der Waals surface area (Å²) in [5, 5.41) is 13.5. The first-order valence-corrected chi connectivity index (χ1v) is 6.89. The molecule has 0 radical (unpaired) electrons. The highest BCUT2D eigenvalue weighted by Crippen LogP contribution is 2.22. The number of nitrogens with zero attached hydrogens (tertiary/aromatic N) is 2. The van der Waals surface area contributed by atoms with Crippen molar-refractivity contribution in [3.05, 3.63) is 33.9 Å². The average molecular weight is 277 g/mol. The van der Waals surface area contributed by atoms with Gasteiger partial charge in [-0.05, 0) is 31.4 Å². The highest BCUT2D eigenvalue weighted by molar-refractivity contribution is 5.90. The summed E-state index contributed by atoms with van der Waals surface area (Å²) in [6.45, 7) is 3.31. The highest BCUT2D eigenvalue weighted by atomic mass is 16.6. The van der Waals surface area contributed by atoms with E-state index in [4.69, 9.17) is 0 Å². The second kappa shape index (κ2) is 6.36. The molecule has 2 amide bonds. The van der Waals surface area contributed by atoms with Gasteiger partial charge < -0.3 is 10.2 Å². The molecular formula is C14H19N3O3. The van der Waals surface area contributed by atoms with Crippen molar-refractivity contribution in [1.82, 2.24) is 4.90 Å². The molecule has 20 heavy (non-hydrogen) atoms. The van der Waals surface area contributed by atoms with Crippen LogP contribution in [0.3, 0.4) is 0 Å². The van der Waals surface area contributed by atoms with Gasteiger partial charge in [0.2, 0.25) is 0 Å². The number of aryl methyl sites for hydroxylation is 1. The average Bonchev–Trinajstić information content (AvgIpc) is 2.69. The number of carbonyl (C=O) groups is 1. The predicted octanol–water partition coefficient (Wildman–Crippen LogP) is 3.31. The molecule has 1 saturated heterocycles. The minimum Gasteiger partial charge on any atom is -0.325 e. The lowest BCUT2D eigenvalue weighted by Gasteiger charge is -2.21. The number of anilines is 1. The molecule has 0 spiro atoms. The monoisotopic (exact) mass is 277 g/mol. The van der Waals surface area contributed by atoms with Gasteiger partial charge in [0.1, 0.15) is 0 Å². The van der Waals surface area contributed by atoms with E-state index in [1.54, 1.807) is 13.0 Å². The fourth-order valence-electron chi connectivity index (χ4n) is 2.37. The zero-order valence-corrected chi connectivity index (χ0v) is 11.6. The van der Waals surface area contributed by atoms with E-state index in [0.717, 1.165) is 25.9 Å². The Labute approximate surface area is 117 Å². The first-order valence-electron chi connectivity index (χ1n) is 6.89. The molecule has 6 heteroatoms. The Morgan fingerprint density at radius 1 is 1.25 bits per heavy atom. The number of hydrogen-bond donors (Lipinski definition) is 1. The smallest absolute Gasteiger partial charge is 0.321 e. The standard InChI is InChI=1S/C14H19N3O3/c1-11-10-12(17(19)20)6-7-13(11)15-14(18)16-8-4-2-3-5-9-16/h6-7,10H,2-5,8-9H2,1H3,(H,15,18). The topological polar surface area (TPSA) is 75.5 Å². The summed E-state index contributed by atoms with van der Waals surface area (Å²) in [5.41, 5.74) is 1.36. The molecule has 0 saturated carbocycles. The fraction of sp³-hybridized carbons (Fsp3) is 0.500. The zero-order chi connectivity index (χ0) is 14.5. The largest absolute Gasteiger partial charge is 0.325 e. The number of urea groups is 1. The third-order valence-corrected chi connectivity index (χ3v) is 3.56. The molecule has 0 unspecified atom stereocenters. The van der Waals surface area contributed by atoms with Crippen LogP contribution in [0.2, 0.25) is 0 Å². The summed E-state index contributed by atoms with van der Waals surface area (Å²) in [5.74, 6) is 0. The van der Waals surface area contributed by atoms with Crippen LogP contribution in [-0.2, 0) is 0 Å². The van der Waals surface area contributed by atoms with Crippen molar-refractivity contribution >= 4 is 17.4 Å². The number of amides is 2. The number of benzene rings is 1. The van der Waals surface area contributed by atoms with Gasteiger partial charge in [0, 0.05) is 30.9 Å². The summed E-state index contributed by atoms with van der Waals surface area (Å²) >= 11 is 0. The molecule has 0 bridgehead atoms. The molecule has 6 nitrogen and oxygen atoms in total. The van der Waals surface area contributed by atoms with Crippen molar-refractivity contribution in [3.8, 4) is 0 Å². The van der Waals surface area contributed by atoms with E-state index >= 15 is 0 Å². The molecule has 1 aliphatic rings. The van der Waals surface area contributed by atoms with Crippen LogP contribution >= 0.6 is 0 Å². The van der Waals surface area contributed by atoms with Crippen LogP contribution in [0.5, 0.6) is 0 Å². The number of carbonyl (C=O) groups excluding carboxylic acids is 1. The van der Waals surface area contributed by atoms with Crippen LogP contribution in [0.1, 0.15) is 31.2 Å². The quantitative estimate of drug-likeness (QED) is 0.665. The lowest BCUT2D eigenvalue weighted by molar-refractivity contribution is -0.384. The molecule has 0 atom stereocenters. The number of hydrogen-bond acceptors (Lipinski definition) is 3. The Bertz CT molecular complexity index is 508. The third kappa shape index (κ3) is 3.46. The maximum atomic E-state index is 12.2. The van der Waals surface area contributed by atoms with Gasteiger partial charge in [-0.25, -0.2) is 4.79 Å². The predicted molar refractivity (Wildman–Crippen MR) is 76.9 cm³/mol. The van der Waals surface area contributed by atoms with Crippen molar-refractivity contribution in [2.75, 3.05) is 18.4 Å². The van der Waals surface area contributed by atoms with Gasteiger partial charge in [0.05, 0.1) is 4.92 Å². The number of nitrogens with one attached hydrogen (secondary N) is 1. The summed E-state index contributed by atoms with van der Waals surface area (Å²) < 4.78 is 0. The van der Waals surface area contributed by atoms with Crippen molar-refractivity contribution in [2.45, 2.75) is 32.6 Å². The molecule has 2 rings (SSSR count). The second-order valence-corrected chi connectivity index (χ2v) is 5.09. The van der Waals surface area contributed by atoms with E-state index in [0.29, 0.717) is 11.3 Å². The van der Waals surface area contributed by atoms with Crippen LogP contribution in [0.25, 0.3) is 0 Å². The van der Waals surface area contributed by atoms with E-state index in [2.05, 4.69) is 5.32 Å². The van der Waals surface area contributed by atoms with Gasteiger partial charge in [-0.3, -0.25) is 10.1 Å². The molecular weight excluding hydrogens is 258 g/mol. The Hall–Kier alpha value is -2.11. The van der Waals surface area contributed by atoms with Gasteiger partial charge in [0.15, 0.2) is 0 Å². The van der Waals surface area contributed by atoms with Crippen LogP contribution in [-0.4, -0.2) is 28.9 Å². The van der Waals surface area contributed by atoms with E-state index in [1.807, 2.05) is 4.90 Å². The van der Waals surface area contributed by atoms with E-state index < -0.39 is 4.92 Å². The van der Waals surface area contributed by atoms with Gasteiger partial charge in [-0.1, -0.05) is 12.8 Å². The minimum atomic E-state index is -0.437. The molecule has 1 heterocycles. The van der Waals surface area contributed by atoms with E-state index in [9.17, 15) is 14.9 Å². The van der Waals surface area contributed by atoms with E-state index in [1.165, 1.54) is 25.0 Å². The van der Waals surface area contributed by atoms with Crippen LogP contribution in [0, 0.1) is 17.0 Å². The Kier molecular flexibility index (Phi) is 4.55. The maximum Gasteiger partial charge on any atom is 0.321 e.